The molecule has 1 aromatic rings. The number of hydrogen-bond donors (Lipinski definition) is 0. The fourth-order valence-electron chi connectivity index (χ4n) is 3.77. The molecule has 0 aliphatic carbocycles. The van der Waals surface area contributed by atoms with Crippen molar-refractivity contribution in [3.8, 4) is 0 Å². The smallest absolute Gasteiger partial charge is 0.410 e. The van der Waals surface area contributed by atoms with E-state index in [0.717, 1.165) is 18.4 Å². The Morgan fingerprint density at radius 2 is 2.05 bits per heavy atom. The summed E-state index contributed by atoms with van der Waals surface area (Å²) in [6.45, 7) is 1.21. The van der Waals surface area contributed by atoms with Crippen LogP contribution in [0.4, 0.5) is 9.59 Å². The Balaban J connectivity index is 1.44. The third-order valence-corrected chi connectivity index (χ3v) is 4.83. The maximum Gasteiger partial charge on any atom is 0.410 e. The summed E-state index contributed by atoms with van der Waals surface area (Å²) in [6, 6.07) is 9.70. The molecule has 116 valence electrons. The Morgan fingerprint density at radius 1 is 1.23 bits per heavy atom. The van der Waals surface area contributed by atoms with E-state index in [1.807, 2.05) is 35.2 Å². The van der Waals surface area contributed by atoms with Crippen molar-refractivity contribution in [2.24, 2.45) is 0 Å². The van der Waals surface area contributed by atoms with Crippen molar-refractivity contribution >= 4 is 12.2 Å². The minimum absolute atomic E-state index is 0.0180. The summed E-state index contributed by atoms with van der Waals surface area (Å²) in [5.74, 6) is 0. The largest absolute Gasteiger partial charge is 0.447 e. The zero-order valence-corrected chi connectivity index (χ0v) is 12.2. The molecule has 1 aromatic carbocycles. The van der Waals surface area contributed by atoms with Crippen molar-refractivity contribution in [1.82, 2.24) is 9.80 Å². The molecule has 0 saturated carbocycles. The van der Waals surface area contributed by atoms with E-state index in [2.05, 4.69) is 0 Å². The molecular formula is C16H18N2O4. The Kier molecular flexibility index (Phi) is 3.17. The van der Waals surface area contributed by atoms with Crippen LogP contribution in [0.15, 0.2) is 30.3 Å². The van der Waals surface area contributed by atoms with E-state index in [4.69, 9.17) is 9.47 Å². The average Bonchev–Trinajstić information content (AvgIpc) is 3.07. The Labute approximate surface area is 128 Å². The normalized spacial score (nSPS) is 29.3. The molecule has 0 spiro atoms. The molecule has 4 rings (SSSR count). The fourth-order valence-corrected chi connectivity index (χ4v) is 3.77. The molecule has 0 N–H and O–H groups in total. The molecule has 3 aliphatic heterocycles. The molecule has 0 radical (unpaired) electrons. The number of fused-ring (bicyclic) bond motifs is 4. The number of carbonyl (C=O) groups is 2. The number of benzene rings is 1. The number of cyclic esters (lactones) is 1. The van der Waals surface area contributed by atoms with Crippen molar-refractivity contribution in [3.05, 3.63) is 35.9 Å². The van der Waals surface area contributed by atoms with Gasteiger partial charge in [-0.25, -0.2) is 9.59 Å². The maximum atomic E-state index is 12.5. The minimum atomic E-state index is -0.282. The van der Waals surface area contributed by atoms with Gasteiger partial charge in [0.1, 0.15) is 13.2 Å². The van der Waals surface area contributed by atoms with Crippen LogP contribution in [0.25, 0.3) is 0 Å². The lowest BCUT2D eigenvalue weighted by Crippen LogP contribution is -2.60. The van der Waals surface area contributed by atoms with Crippen molar-refractivity contribution in [1.29, 1.82) is 0 Å². The van der Waals surface area contributed by atoms with E-state index >= 15 is 0 Å². The predicted molar refractivity (Wildman–Crippen MR) is 77.1 cm³/mol. The number of ether oxygens (including phenoxy) is 2. The van der Waals surface area contributed by atoms with Gasteiger partial charge in [-0.1, -0.05) is 30.3 Å². The number of carbonyl (C=O) groups excluding carboxylic acids is 2. The van der Waals surface area contributed by atoms with Crippen LogP contribution < -0.4 is 0 Å². The van der Waals surface area contributed by atoms with Gasteiger partial charge < -0.3 is 9.47 Å². The summed E-state index contributed by atoms with van der Waals surface area (Å²) < 4.78 is 10.6. The molecule has 3 aliphatic rings. The van der Waals surface area contributed by atoms with E-state index in [0.29, 0.717) is 13.2 Å². The SMILES string of the molecule is O=C1OC[C@H]2[C@H]3CC[C@@H](CN12)N3C(=O)OCc1ccccc1. The van der Waals surface area contributed by atoms with Crippen LogP contribution in [0.2, 0.25) is 0 Å². The molecular weight excluding hydrogens is 284 g/mol. The lowest BCUT2D eigenvalue weighted by atomic mass is 10.1. The van der Waals surface area contributed by atoms with Gasteiger partial charge in [-0.3, -0.25) is 9.80 Å². The number of rotatable bonds is 2. The van der Waals surface area contributed by atoms with E-state index in [1.165, 1.54) is 0 Å². The summed E-state index contributed by atoms with van der Waals surface area (Å²) in [6.07, 6.45) is 1.29. The highest BCUT2D eigenvalue weighted by atomic mass is 16.6. The Bertz CT molecular complexity index is 591. The first kappa shape index (κ1) is 13.4. The average molecular weight is 302 g/mol. The molecule has 2 amide bonds. The monoisotopic (exact) mass is 302 g/mol. The van der Waals surface area contributed by atoms with E-state index in [1.54, 1.807) is 4.90 Å². The molecule has 3 saturated heterocycles. The summed E-state index contributed by atoms with van der Waals surface area (Å²) in [5.41, 5.74) is 0.973. The number of amides is 2. The topological polar surface area (TPSA) is 59.1 Å². The van der Waals surface area contributed by atoms with Gasteiger partial charge in [0.05, 0.1) is 18.1 Å². The number of piperazine rings is 1. The van der Waals surface area contributed by atoms with Crippen molar-refractivity contribution < 1.29 is 19.1 Å². The highest BCUT2D eigenvalue weighted by Crippen LogP contribution is 2.37. The summed E-state index contributed by atoms with van der Waals surface area (Å²) in [5, 5.41) is 0. The van der Waals surface area contributed by atoms with Gasteiger partial charge in [-0.05, 0) is 18.4 Å². The molecule has 3 heterocycles. The Morgan fingerprint density at radius 3 is 2.86 bits per heavy atom. The van der Waals surface area contributed by atoms with Gasteiger partial charge in [0.2, 0.25) is 0 Å². The van der Waals surface area contributed by atoms with Crippen LogP contribution in [0.1, 0.15) is 18.4 Å². The van der Waals surface area contributed by atoms with E-state index in [-0.39, 0.29) is 36.9 Å². The van der Waals surface area contributed by atoms with Gasteiger partial charge >= 0.3 is 12.2 Å². The van der Waals surface area contributed by atoms with Crippen molar-refractivity contribution in [2.75, 3.05) is 13.2 Å². The standard InChI is InChI=1S/C16H18N2O4/c19-15-17-8-12-6-7-13(14(17)10-22-15)18(12)16(20)21-9-11-4-2-1-3-5-11/h1-5,12-14H,6-10H2/t12-,13+,14-/m0/s1. The highest BCUT2D eigenvalue weighted by Gasteiger charge is 2.53. The molecule has 6 heteroatoms. The van der Waals surface area contributed by atoms with Gasteiger partial charge in [0.25, 0.3) is 0 Å². The lowest BCUT2D eigenvalue weighted by molar-refractivity contribution is 0.0330. The van der Waals surface area contributed by atoms with Crippen LogP contribution in [-0.2, 0) is 16.1 Å². The number of hydrogen-bond acceptors (Lipinski definition) is 4. The second-order valence-electron chi connectivity index (χ2n) is 6.04. The molecule has 22 heavy (non-hydrogen) atoms. The summed E-state index contributed by atoms with van der Waals surface area (Å²) >= 11 is 0. The van der Waals surface area contributed by atoms with Gasteiger partial charge in [-0.2, -0.15) is 0 Å². The first-order valence-corrected chi connectivity index (χ1v) is 7.66. The van der Waals surface area contributed by atoms with Gasteiger partial charge in [0.15, 0.2) is 0 Å². The van der Waals surface area contributed by atoms with Crippen LogP contribution in [0.5, 0.6) is 0 Å². The molecule has 3 fully saturated rings. The quantitative estimate of drug-likeness (QED) is 0.838. The molecule has 2 bridgehead atoms. The zero-order valence-electron chi connectivity index (χ0n) is 12.2. The van der Waals surface area contributed by atoms with Gasteiger partial charge in [-0.15, -0.1) is 0 Å². The van der Waals surface area contributed by atoms with Crippen LogP contribution in [-0.4, -0.2) is 53.3 Å². The van der Waals surface area contributed by atoms with Crippen LogP contribution >= 0.6 is 0 Å². The third-order valence-electron chi connectivity index (χ3n) is 4.83. The van der Waals surface area contributed by atoms with E-state index in [9.17, 15) is 9.59 Å². The third kappa shape index (κ3) is 2.10. The van der Waals surface area contributed by atoms with Crippen molar-refractivity contribution in [2.45, 2.75) is 37.6 Å². The predicted octanol–water partition coefficient (Wildman–Crippen LogP) is 1.99. The second-order valence-corrected chi connectivity index (χ2v) is 6.04. The van der Waals surface area contributed by atoms with E-state index < -0.39 is 0 Å². The fraction of sp³-hybridized carbons (Fsp3) is 0.500. The first-order valence-electron chi connectivity index (χ1n) is 7.66. The molecule has 0 aromatic heterocycles. The molecule has 6 nitrogen and oxygen atoms in total. The van der Waals surface area contributed by atoms with Crippen LogP contribution in [0, 0.1) is 0 Å². The second kappa shape index (κ2) is 5.19. The van der Waals surface area contributed by atoms with Crippen LogP contribution in [0.3, 0.4) is 0 Å². The minimum Gasteiger partial charge on any atom is -0.447 e. The highest BCUT2D eigenvalue weighted by molar-refractivity contribution is 5.73. The van der Waals surface area contributed by atoms with Crippen molar-refractivity contribution in [3.63, 3.8) is 0 Å². The first-order chi connectivity index (χ1) is 10.7. The zero-order chi connectivity index (χ0) is 15.1. The summed E-state index contributed by atoms with van der Waals surface area (Å²) in [4.78, 5) is 27.7. The summed E-state index contributed by atoms with van der Waals surface area (Å²) in [7, 11) is 0. The lowest BCUT2D eigenvalue weighted by Gasteiger charge is -2.41. The molecule has 3 atom stereocenters. The van der Waals surface area contributed by atoms with Gasteiger partial charge in [0, 0.05) is 6.54 Å². The Hall–Kier alpha value is -2.24. The molecule has 0 unspecified atom stereocenters. The maximum absolute atomic E-state index is 12.5. The number of nitrogens with zero attached hydrogens (tertiary/aromatic N) is 2.